The summed E-state index contributed by atoms with van der Waals surface area (Å²) in [6.45, 7) is 1.02. The average molecular weight is 154 g/mol. The Hall–Kier alpha value is -0.250. The van der Waals surface area contributed by atoms with E-state index in [-0.39, 0.29) is 6.04 Å². The van der Waals surface area contributed by atoms with Crippen molar-refractivity contribution in [3.05, 3.63) is 23.1 Å². The SMILES string of the molecule is NC1C=CC=C2SNCC21. The second-order valence-corrected chi connectivity index (χ2v) is 3.55. The molecule has 0 radical (unpaired) electrons. The van der Waals surface area contributed by atoms with Gasteiger partial charge in [0.05, 0.1) is 0 Å². The van der Waals surface area contributed by atoms with Crippen LogP contribution in [0.25, 0.3) is 0 Å². The highest BCUT2D eigenvalue weighted by Gasteiger charge is 2.27. The van der Waals surface area contributed by atoms with Gasteiger partial charge < -0.3 is 5.73 Å². The third-order valence-electron chi connectivity index (χ3n) is 1.92. The fourth-order valence-electron chi connectivity index (χ4n) is 1.29. The number of fused-ring (bicyclic) bond motifs is 1. The highest BCUT2D eigenvalue weighted by molar-refractivity contribution is 8.01. The molecule has 1 aliphatic carbocycles. The maximum atomic E-state index is 5.84. The van der Waals surface area contributed by atoms with Gasteiger partial charge in [-0.25, -0.2) is 0 Å². The summed E-state index contributed by atoms with van der Waals surface area (Å²) in [7, 11) is 0. The summed E-state index contributed by atoms with van der Waals surface area (Å²) in [6.07, 6.45) is 6.23. The molecule has 2 rings (SSSR count). The van der Waals surface area contributed by atoms with Crippen molar-refractivity contribution in [1.82, 2.24) is 4.72 Å². The van der Waals surface area contributed by atoms with E-state index in [4.69, 9.17) is 5.73 Å². The van der Waals surface area contributed by atoms with Crippen LogP contribution in [0.4, 0.5) is 0 Å². The van der Waals surface area contributed by atoms with Gasteiger partial charge in [-0.2, -0.15) is 0 Å². The predicted molar refractivity (Wildman–Crippen MR) is 44.3 cm³/mol. The van der Waals surface area contributed by atoms with Crippen molar-refractivity contribution in [1.29, 1.82) is 0 Å². The van der Waals surface area contributed by atoms with Crippen molar-refractivity contribution in [2.75, 3.05) is 6.54 Å². The Morgan fingerprint density at radius 3 is 3.40 bits per heavy atom. The Kier molecular flexibility index (Phi) is 1.56. The lowest BCUT2D eigenvalue weighted by Gasteiger charge is -2.17. The molecule has 0 bridgehead atoms. The van der Waals surface area contributed by atoms with Crippen molar-refractivity contribution >= 4 is 11.9 Å². The summed E-state index contributed by atoms with van der Waals surface area (Å²) in [6, 6.07) is 0.225. The highest BCUT2D eigenvalue weighted by atomic mass is 32.2. The fraction of sp³-hybridized carbons (Fsp3) is 0.429. The third kappa shape index (κ3) is 0.905. The quantitative estimate of drug-likeness (QED) is 0.503. The van der Waals surface area contributed by atoms with E-state index in [2.05, 4.69) is 16.9 Å². The lowest BCUT2D eigenvalue weighted by Crippen LogP contribution is -2.31. The normalized spacial score (nSPS) is 37.5. The van der Waals surface area contributed by atoms with Crippen LogP contribution in [0.3, 0.4) is 0 Å². The molecule has 0 saturated carbocycles. The van der Waals surface area contributed by atoms with E-state index in [1.807, 2.05) is 6.08 Å². The van der Waals surface area contributed by atoms with Gasteiger partial charge in [0.2, 0.25) is 0 Å². The van der Waals surface area contributed by atoms with Crippen LogP contribution in [0.15, 0.2) is 23.1 Å². The molecular formula is C7H10N2S. The number of nitrogens with two attached hydrogens (primary N) is 1. The minimum atomic E-state index is 0.225. The van der Waals surface area contributed by atoms with Crippen LogP contribution in [0.5, 0.6) is 0 Å². The van der Waals surface area contributed by atoms with Crippen molar-refractivity contribution in [3.63, 3.8) is 0 Å². The van der Waals surface area contributed by atoms with Gasteiger partial charge in [-0.05, 0) is 11.9 Å². The van der Waals surface area contributed by atoms with Crippen molar-refractivity contribution < 1.29 is 0 Å². The molecule has 2 unspecified atom stereocenters. The van der Waals surface area contributed by atoms with E-state index >= 15 is 0 Å². The average Bonchev–Trinajstić information content (AvgIpc) is 2.36. The van der Waals surface area contributed by atoms with Gasteiger partial charge in [-0.15, -0.1) is 0 Å². The smallest absolute Gasteiger partial charge is 0.0314 e. The maximum Gasteiger partial charge on any atom is 0.0314 e. The molecule has 0 aromatic heterocycles. The fourth-order valence-corrected chi connectivity index (χ4v) is 2.26. The van der Waals surface area contributed by atoms with E-state index in [1.54, 1.807) is 11.9 Å². The molecule has 2 atom stereocenters. The lowest BCUT2D eigenvalue weighted by molar-refractivity contribution is 0.576. The zero-order valence-electron chi connectivity index (χ0n) is 5.58. The van der Waals surface area contributed by atoms with Gasteiger partial charge in [0, 0.05) is 23.4 Å². The molecule has 1 heterocycles. The molecule has 0 aromatic carbocycles. The summed E-state index contributed by atoms with van der Waals surface area (Å²) < 4.78 is 3.22. The Morgan fingerprint density at radius 2 is 2.60 bits per heavy atom. The van der Waals surface area contributed by atoms with E-state index in [9.17, 15) is 0 Å². The number of rotatable bonds is 0. The standard InChI is InChI=1S/C7H10N2S/c8-6-2-1-3-7-5(6)4-9-10-7/h1-3,5-6,9H,4,8H2. The van der Waals surface area contributed by atoms with Crippen LogP contribution < -0.4 is 10.5 Å². The molecule has 3 N–H and O–H groups in total. The van der Waals surface area contributed by atoms with Crippen molar-refractivity contribution in [2.24, 2.45) is 11.7 Å². The molecule has 0 aromatic rings. The van der Waals surface area contributed by atoms with Crippen LogP contribution >= 0.6 is 11.9 Å². The molecule has 0 spiro atoms. The van der Waals surface area contributed by atoms with E-state index in [0.717, 1.165) is 6.54 Å². The van der Waals surface area contributed by atoms with Gasteiger partial charge in [0.1, 0.15) is 0 Å². The first-order valence-corrected chi connectivity index (χ1v) is 4.23. The Bertz CT molecular complexity index is 198. The molecule has 54 valence electrons. The number of hydrogen-bond donors (Lipinski definition) is 2. The van der Waals surface area contributed by atoms with Crippen molar-refractivity contribution in [2.45, 2.75) is 6.04 Å². The second kappa shape index (κ2) is 2.42. The second-order valence-electron chi connectivity index (χ2n) is 2.59. The number of allylic oxidation sites excluding steroid dienone is 2. The molecule has 2 nitrogen and oxygen atoms in total. The molecule has 1 fully saturated rings. The zero-order chi connectivity index (χ0) is 6.97. The van der Waals surface area contributed by atoms with Crippen LogP contribution in [0.1, 0.15) is 0 Å². The minimum Gasteiger partial charge on any atom is -0.324 e. The summed E-state index contributed by atoms with van der Waals surface area (Å²) in [4.78, 5) is 1.38. The van der Waals surface area contributed by atoms with Crippen LogP contribution in [-0.4, -0.2) is 12.6 Å². The van der Waals surface area contributed by atoms with Gasteiger partial charge in [-0.3, -0.25) is 4.72 Å². The third-order valence-corrected chi connectivity index (χ3v) is 2.90. The molecule has 0 amide bonds. The highest BCUT2D eigenvalue weighted by Crippen LogP contribution is 2.32. The van der Waals surface area contributed by atoms with E-state index < -0.39 is 0 Å². The Balaban J connectivity index is 2.25. The summed E-state index contributed by atoms with van der Waals surface area (Å²) >= 11 is 1.71. The van der Waals surface area contributed by atoms with Gasteiger partial charge >= 0.3 is 0 Å². The first-order valence-electron chi connectivity index (χ1n) is 3.41. The molecule has 1 saturated heterocycles. The maximum absolute atomic E-state index is 5.84. The number of nitrogens with one attached hydrogen (secondary N) is 1. The van der Waals surface area contributed by atoms with E-state index in [1.165, 1.54) is 4.91 Å². The van der Waals surface area contributed by atoms with Gasteiger partial charge in [0.25, 0.3) is 0 Å². The van der Waals surface area contributed by atoms with Crippen LogP contribution in [-0.2, 0) is 0 Å². The van der Waals surface area contributed by atoms with Gasteiger partial charge in [-0.1, -0.05) is 18.2 Å². The molecule has 1 aliphatic heterocycles. The summed E-state index contributed by atoms with van der Waals surface area (Å²) in [5.74, 6) is 0.537. The topological polar surface area (TPSA) is 38.0 Å². The molecular weight excluding hydrogens is 144 g/mol. The van der Waals surface area contributed by atoms with Crippen molar-refractivity contribution in [3.8, 4) is 0 Å². The molecule has 3 heteroatoms. The first kappa shape index (κ1) is 6.46. The largest absolute Gasteiger partial charge is 0.324 e. The monoisotopic (exact) mass is 154 g/mol. The molecule has 10 heavy (non-hydrogen) atoms. The van der Waals surface area contributed by atoms with Gasteiger partial charge in [0.15, 0.2) is 0 Å². The van der Waals surface area contributed by atoms with E-state index in [0.29, 0.717) is 5.92 Å². The summed E-state index contributed by atoms with van der Waals surface area (Å²) in [5, 5.41) is 0. The lowest BCUT2D eigenvalue weighted by atomic mass is 9.96. The predicted octanol–water partition coefficient (Wildman–Crippen LogP) is 0.635. The minimum absolute atomic E-state index is 0.225. The first-order chi connectivity index (χ1) is 4.88. The number of hydrogen-bond acceptors (Lipinski definition) is 3. The Labute approximate surface area is 64.7 Å². The summed E-state index contributed by atoms with van der Waals surface area (Å²) in [5.41, 5.74) is 5.84. The van der Waals surface area contributed by atoms with Crippen LogP contribution in [0, 0.1) is 5.92 Å². The van der Waals surface area contributed by atoms with Crippen LogP contribution in [0.2, 0.25) is 0 Å². The Morgan fingerprint density at radius 1 is 1.70 bits per heavy atom. The molecule has 2 aliphatic rings. The zero-order valence-corrected chi connectivity index (χ0v) is 6.40.